The highest BCUT2D eigenvalue weighted by molar-refractivity contribution is 4.88. The SMILES string of the molecule is NCC1OCC2(CCCCC2)O1. The molecule has 0 aromatic carbocycles. The maximum absolute atomic E-state index is 5.79. The first-order valence-electron chi connectivity index (χ1n) is 4.84. The van der Waals surface area contributed by atoms with E-state index in [0.717, 1.165) is 19.4 Å². The van der Waals surface area contributed by atoms with E-state index in [1.165, 1.54) is 19.3 Å². The largest absolute Gasteiger partial charge is 0.348 e. The summed E-state index contributed by atoms with van der Waals surface area (Å²) >= 11 is 0. The van der Waals surface area contributed by atoms with Crippen molar-refractivity contribution in [3.05, 3.63) is 0 Å². The van der Waals surface area contributed by atoms with E-state index in [4.69, 9.17) is 15.2 Å². The number of rotatable bonds is 1. The summed E-state index contributed by atoms with van der Waals surface area (Å²) in [6, 6.07) is 0. The second kappa shape index (κ2) is 3.32. The van der Waals surface area contributed by atoms with Gasteiger partial charge >= 0.3 is 0 Å². The average molecular weight is 171 g/mol. The third-order valence-corrected chi connectivity index (χ3v) is 2.87. The van der Waals surface area contributed by atoms with Crippen molar-refractivity contribution in [2.45, 2.75) is 44.0 Å². The summed E-state index contributed by atoms with van der Waals surface area (Å²) in [5.74, 6) is 0. The van der Waals surface area contributed by atoms with Crippen LogP contribution >= 0.6 is 0 Å². The van der Waals surface area contributed by atoms with Gasteiger partial charge in [-0.05, 0) is 12.8 Å². The Morgan fingerprint density at radius 1 is 1.25 bits per heavy atom. The summed E-state index contributed by atoms with van der Waals surface area (Å²) in [6.45, 7) is 1.25. The van der Waals surface area contributed by atoms with Crippen molar-refractivity contribution in [2.75, 3.05) is 13.2 Å². The lowest BCUT2D eigenvalue weighted by molar-refractivity contribution is -0.0933. The molecule has 3 nitrogen and oxygen atoms in total. The molecule has 2 rings (SSSR count). The summed E-state index contributed by atoms with van der Waals surface area (Å²) in [5.41, 5.74) is 5.52. The van der Waals surface area contributed by atoms with Gasteiger partial charge in [-0.15, -0.1) is 0 Å². The van der Waals surface area contributed by atoms with Gasteiger partial charge in [0, 0.05) is 6.54 Å². The van der Waals surface area contributed by atoms with Crippen LogP contribution in [0.5, 0.6) is 0 Å². The molecule has 0 amide bonds. The van der Waals surface area contributed by atoms with Crippen molar-refractivity contribution in [1.29, 1.82) is 0 Å². The Bertz CT molecular complexity index is 155. The van der Waals surface area contributed by atoms with Gasteiger partial charge in [-0.1, -0.05) is 19.3 Å². The van der Waals surface area contributed by atoms with Crippen LogP contribution in [-0.2, 0) is 9.47 Å². The first-order chi connectivity index (χ1) is 5.85. The Hall–Kier alpha value is -0.120. The number of nitrogens with two attached hydrogens (primary N) is 1. The number of ether oxygens (including phenoxy) is 2. The zero-order valence-electron chi connectivity index (χ0n) is 7.42. The second-order valence-corrected chi connectivity index (χ2v) is 3.84. The van der Waals surface area contributed by atoms with Gasteiger partial charge in [-0.3, -0.25) is 0 Å². The molecule has 1 aliphatic heterocycles. The lowest BCUT2D eigenvalue weighted by Crippen LogP contribution is -2.35. The first kappa shape index (κ1) is 8.48. The summed E-state index contributed by atoms with van der Waals surface area (Å²) in [6.07, 6.45) is 6.08. The molecule has 1 spiro atoms. The van der Waals surface area contributed by atoms with Crippen LogP contribution in [0.3, 0.4) is 0 Å². The fourth-order valence-electron chi connectivity index (χ4n) is 2.17. The van der Waals surface area contributed by atoms with Crippen LogP contribution in [0.1, 0.15) is 32.1 Å². The standard InChI is InChI=1S/C9H17NO2/c10-6-8-11-7-9(12-8)4-2-1-3-5-9/h8H,1-7,10H2. The molecular weight excluding hydrogens is 154 g/mol. The Balaban J connectivity index is 1.94. The minimum absolute atomic E-state index is 0.0439. The molecule has 1 aliphatic carbocycles. The molecule has 0 bridgehead atoms. The molecule has 0 aromatic rings. The Kier molecular flexibility index (Phi) is 2.35. The molecular formula is C9H17NO2. The van der Waals surface area contributed by atoms with Crippen LogP contribution in [0, 0.1) is 0 Å². The minimum atomic E-state index is -0.136. The molecule has 2 N–H and O–H groups in total. The van der Waals surface area contributed by atoms with Gasteiger partial charge in [0.05, 0.1) is 12.2 Å². The van der Waals surface area contributed by atoms with Crippen LogP contribution in [-0.4, -0.2) is 25.0 Å². The van der Waals surface area contributed by atoms with E-state index >= 15 is 0 Å². The van der Waals surface area contributed by atoms with Crippen LogP contribution in [0.25, 0.3) is 0 Å². The predicted molar refractivity (Wildman–Crippen MR) is 45.7 cm³/mol. The Morgan fingerprint density at radius 2 is 2.00 bits per heavy atom. The fourth-order valence-corrected chi connectivity index (χ4v) is 2.17. The van der Waals surface area contributed by atoms with Crippen molar-refractivity contribution in [2.24, 2.45) is 5.73 Å². The van der Waals surface area contributed by atoms with E-state index in [1.807, 2.05) is 0 Å². The van der Waals surface area contributed by atoms with Crippen molar-refractivity contribution in [3.63, 3.8) is 0 Å². The molecule has 1 unspecified atom stereocenters. The molecule has 0 radical (unpaired) electrons. The van der Waals surface area contributed by atoms with Gasteiger partial charge in [0.25, 0.3) is 0 Å². The van der Waals surface area contributed by atoms with Gasteiger partial charge in [0.1, 0.15) is 0 Å². The van der Waals surface area contributed by atoms with E-state index < -0.39 is 0 Å². The molecule has 1 atom stereocenters. The normalized spacial score (nSPS) is 34.2. The lowest BCUT2D eigenvalue weighted by Gasteiger charge is -2.31. The summed E-state index contributed by atoms with van der Waals surface area (Å²) in [7, 11) is 0. The van der Waals surface area contributed by atoms with Crippen molar-refractivity contribution in [1.82, 2.24) is 0 Å². The highest BCUT2D eigenvalue weighted by Gasteiger charge is 2.41. The van der Waals surface area contributed by atoms with Crippen LogP contribution in [0.2, 0.25) is 0 Å². The van der Waals surface area contributed by atoms with E-state index in [9.17, 15) is 0 Å². The molecule has 1 heterocycles. The van der Waals surface area contributed by atoms with Crippen molar-refractivity contribution >= 4 is 0 Å². The zero-order chi connectivity index (χ0) is 8.44. The summed E-state index contributed by atoms with van der Waals surface area (Å²) in [5, 5.41) is 0. The summed E-state index contributed by atoms with van der Waals surface area (Å²) in [4.78, 5) is 0. The van der Waals surface area contributed by atoms with Gasteiger partial charge in [0.2, 0.25) is 0 Å². The van der Waals surface area contributed by atoms with E-state index in [2.05, 4.69) is 0 Å². The Labute approximate surface area is 73.2 Å². The molecule has 0 aromatic heterocycles. The van der Waals surface area contributed by atoms with Crippen LogP contribution in [0.15, 0.2) is 0 Å². The third-order valence-electron chi connectivity index (χ3n) is 2.87. The number of hydrogen-bond acceptors (Lipinski definition) is 3. The molecule has 70 valence electrons. The van der Waals surface area contributed by atoms with Gasteiger partial charge in [-0.2, -0.15) is 0 Å². The monoisotopic (exact) mass is 171 g/mol. The quantitative estimate of drug-likeness (QED) is 0.640. The van der Waals surface area contributed by atoms with E-state index in [-0.39, 0.29) is 11.9 Å². The molecule has 3 heteroatoms. The average Bonchev–Trinajstić information content (AvgIpc) is 2.50. The van der Waals surface area contributed by atoms with Crippen molar-refractivity contribution in [3.8, 4) is 0 Å². The maximum Gasteiger partial charge on any atom is 0.170 e. The topological polar surface area (TPSA) is 44.5 Å². The Morgan fingerprint density at radius 3 is 2.58 bits per heavy atom. The fraction of sp³-hybridized carbons (Fsp3) is 1.00. The van der Waals surface area contributed by atoms with Crippen molar-refractivity contribution < 1.29 is 9.47 Å². The molecule has 2 fully saturated rings. The molecule has 1 saturated carbocycles. The highest BCUT2D eigenvalue weighted by atomic mass is 16.7. The van der Waals surface area contributed by atoms with Gasteiger partial charge < -0.3 is 15.2 Å². The van der Waals surface area contributed by atoms with E-state index in [1.54, 1.807) is 0 Å². The minimum Gasteiger partial charge on any atom is -0.348 e. The smallest absolute Gasteiger partial charge is 0.170 e. The van der Waals surface area contributed by atoms with Crippen LogP contribution < -0.4 is 5.73 Å². The van der Waals surface area contributed by atoms with Gasteiger partial charge in [-0.25, -0.2) is 0 Å². The highest BCUT2D eigenvalue weighted by Crippen LogP contribution is 2.36. The molecule has 1 saturated heterocycles. The summed E-state index contributed by atoms with van der Waals surface area (Å²) < 4.78 is 11.2. The van der Waals surface area contributed by atoms with Crippen LogP contribution in [0.4, 0.5) is 0 Å². The lowest BCUT2D eigenvalue weighted by atomic mass is 9.86. The van der Waals surface area contributed by atoms with Gasteiger partial charge in [0.15, 0.2) is 6.29 Å². The number of hydrogen-bond donors (Lipinski definition) is 1. The maximum atomic E-state index is 5.79. The zero-order valence-corrected chi connectivity index (χ0v) is 7.42. The first-order valence-corrected chi connectivity index (χ1v) is 4.84. The van der Waals surface area contributed by atoms with E-state index in [0.29, 0.717) is 6.54 Å². The third kappa shape index (κ3) is 1.49. The molecule has 12 heavy (non-hydrogen) atoms. The molecule has 2 aliphatic rings. The predicted octanol–water partition coefficient (Wildman–Crippen LogP) is 1.02. The second-order valence-electron chi connectivity index (χ2n) is 3.84.